The van der Waals surface area contributed by atoms with Gasteiger partial charge in [0.2, 0.25) is 0 Å². The van der Waals surface area contributed by atoms with Crippen LogP contribution in [-0.2, 0) is 12.1 Å². The number of aromatic nitrogens is 3. The van der Waals surface area contributed by atoms with Crippen molar-refractivity contribution < 1.29 is 4.39 Å². The van der Waals surface area contributed by atoms with E-state index >= 15 is 0 Å². The zero-order valence-corrected chi connectivity index (χ0v) is 12.1. The Kier molecular flexibility index (Phi) is 3.15. The number of benzene rings is 1. The summed E-state index contributed by atoms with van der Waals surface area (Å²) in [6.45, 7) is 0.647. The second-order valence-corrected chi connectivity index (χ2v) is 5.85. The monoisotopic (exact) mass is 296 g/mol. The Balaban J connectivity index is 1.54. The van der Waals surface area contributed by atoms with Crippen LogP contribution in [0.4, 0.5) is 4.39 Å². The number of nitrogens with zero attached hydrogens (tertiary/aromatic N) is 2. The Morgan fingerprint density at radius 3 is 2.68 bits per heavy atom. The summed E-state index contributed by atoms with van der Waals surface area (Å²) in [7, 11) is 0. The first-order chi connectivity index (χ1) is 10.8. The second kappa shape index (κ2) is 5.18. The van der Waals surface area contributed by atoms with Crippen molar-refractivity contribution in [1.82, 2.24) is 20.3 Å². The molecular formula is C17H17FN4. The fourth-order valence-electron chi connectivity index (χ4n) is 3.10. The van der Waals surface area contributed by atoms with E-state index in [1.807, 2.05) is 24.3 Å². The van der Waals surface area contributed by atoms with Gasteiger partial charge in [-0.1, -0.05) is 12.1 Å². The molecule has 0 bridgehead atoms. The van der Waals surface area contributed by atoms with Gasteiger partial charge < -0.3 is 10.3 Å². The lowest BCUT2D eigenvalue weighted by atomic mass is 9.72. The van der Waals surface area contributed by atoms with Crippen molar-refractivity contribution >= 4 is 11.2 Å². The molecule has 0 aliphatic heterocycles. The van der Waals surface area contributed by atoms with Gasteiger partial charge in [-0.2, -0.15) is 0 Å². The summed E-state index contributed by atoms with van der Waals surface area (Å²) >= 11 is 0. The quantitative estimate of drug-likeness (QED) is 0.777. The average Bonchev–Trinajstić information content (AvgIpc) is 2.90. The highest BCUT2D eigenvalue weighted by Gasteiger charge is 2.38. The SMILES string of the molecule is Fc1ccc(C2(NCc3nc4ncccc4[nH]3)CCC2)cc1. The predicted molar refractivity (Wildman–Crippen MR) is 82.7 cm³/mol. The van der Waals surface area contributed by atoms with E-state index in [0.717, 1.165) is 35.4 Å². The molecular weight excluding hydrogens is 279 g/mol. The number of pyridine rings is 1. The molecule has 2 heterocycles. The summed E-state index contributed by atoms with van der Waals surface area (Å²) in [5.74, 6) is 0.684. The zero-order chi connectivity index (χ0) is 15.0. The van der Waals surface area contributed by atoms with E-state index in [2.05, 4.69) is 20.3 Å². The number of imidazole rings is 1. The Hall–Kier alpha value is -2.27. The average molecular weight is 296 g/mol. The van der Waals surface area contributed by atoms with Gasteiger partial charge in [-0.25, -0.2) is 14.4 Å². The van der Waals surface area contributed by atoms with Gasteiger partial charge in [0.1, 0.15) is 11.6 Å². The molecule has 1 aromatic carbocycles. The minimum absolute atomic E-state index is 0.0555. The molecule has 1 fully saturated rings. The van der Waals surface area contributed by atoms with Gasteiger partial charge >= 0.3 is 0 Å². The smallest absolute Gasteiger partial charge is 0.177 e. The van der Waals surface area contributed by atoms with Crippen LogP contribution in [0, 0.1) is 5.82 Å². The highest BCUT2D eigenvalue weighted by molar-refractivity contribution is 5.69. The Bertz CT molecular complexity index is 757. The van der Waals surface area contributed by atoms with Crippen LogP contribution in [0.1, 0.15) is 30.7 Å². The third-order valence-corrected chi connectivity index (χ3v) is 4.50. The van der Waals surface area contributed by atoms with E-state index in [9.17, 15) is 4.39 Å². The van der Waals surface area contributed by atoms with E-state index in [1.165, 1.54) is 18.6 Å². The molecule has 4 nitrogen and oxygen atoms in total. The van der Waals surface area contributed by atoms with Gasteiger partial charge in [0.05, 0.1) is 12.1 Å². The number of hydrogen-bond donors (Lipinski definition) is 2. The van der Waals surface area contributed by atoms with Crippen LogP contribution in [0.25, 0.3) is 11.2 Å². The van der Waals surface area contributed by atoms with Crippen LogP contribution in [0.3, 0.4) is 0 Å². The largest absolute Gasteiger partial charge is 0.340 e. The topological polar surface area (TPSA) is 53.6 Å². The molecule has 0 radical (unpaired) electrons. The number of fused-ring (bicyclic) bond motifs is 1. The lowest BCUT2D eigenvalue weighted by Gasteiger charge is -2.43. The molecule has 3 aromatic rings. The van der Waals surface area contributed by atoms with E-state index in [1.54, 1.807) is 6.20 Å². The Morgan fingerprint density at radius 1 is 1.18 bits per heavy atom. The minimum atomic E-state index is -0.193. The van der Waals surface area contributed by atoms with Crippen molar-refractivity contribution in [3.63, 3.8) is 0 Å². The van der Waals surface area contributed by atoms with Gasteiger partial charge in [-0.3, -0.25) is 0 Å². The summed E-state index contributed by atoms with van der Waals surface area (Å²) in [6, 6.07) is 10.7. The summed E-state index contributed by atoms with van der Waals surface area (Å²) in [6.07, 6.45) is 5.06. The first-order valence-electron chi connectivity index (χ1n) is 7.56. The third-order valence-electron chi connectivity index (χ3n) is 4.50. The third kappa shape index (κ3) is 2.27. The molecule has 1 aliphatic rings. The fraction of sp³-hybridized carbons (Fsp3) is 0.294. The standard InChI is InChI=1S/C17H17FN4/c18-13-6-4-12(5-7-13)17(8-2-9-17)20-11-15-21-14-3-1-10-19-16(14)22-15/h1,3-7,10,20H,2,8-9,11H2,(H,19,21,22). The summed E-state index contributed by atoms with van der Waals surface area (Å²) < 4.78 is 13.1. The van der Waals surface area contributed by atoms with E-state index in [4.69, 9.17) is 0 Å². The molecule has 2 N–H and O–H groups in total. The maximum absolute atomic E-state index is 13.1. The number of aromatic amines is 1. The van der Waals surface area contributed by atoms with Crippen molar-refractivity contribution in [2.24, 2.45) is 0 Å². The number of halogens is 1. The number of H-pyrrole nitrogens is 1. The lowest BCUT2D eigenvalue weighted by Crippen LogP contribution is -2.47. The molecule has 0 amide bonds. The zero-order valence-electron chi connectivity index (χ0n) is 12.1. The van der Waals surface area contributed by atoms with Crippen molar-refractivity contribution in [3.8, 4) is 0 Å². The summed E-state index contributed by atoms with van der Waals surface area (Å²) in [4.78, 5) is 12.0. The van der Waals surface area contributed by atoms with E-state index in [-0.39, 0.29) is 11.4 Å². The van der Waals surface area contributed by atoms with Crippen molar-refractivity contribution in [2.45, 2.75) is 31.3 Å². The number of rotatable bonds is 4. The molecule has 0 unspecified atom stereocenters. The summed E-state index contributed by atoms with van der Waals surface area (Å²) in [5.41, 5.74) is 2.78. The van der Waals surface area contributed by atoms with Gasteiger partial charge in [0, 0.05) is 11.7 Å². The maximum Gasteiger partial charge on any atom is 0.177 e. The second-order valence-electron chi connectivity index (χ2n) is 5.85. The minimum Gasteiger partial charge on any atom is -0.340 e. The summed E-state index contributed by atoms with van der Waals surface area (Å²) in [5, 5.41) is 3.60. The molecule has 0 atom stereocenters. The molecule has 1 saturated carbocycles. The van der Waals surface area contributed by atoms with Crippen LogP contribution in [0.2, 0.25) is 0 Å². The molecule has 2 aromatic heterocycles. The van der Waals surface area contributed by atoms with Gasteiger partial charge in [0.15, 0.2) is 5.65 Å². The highest BCUT2D eigenvalue weighted by Crippen LogP contribution is 2.41. The first kappa shape index (κ1) is 13.4. The van der Waals surface area contributed by atoms with Crippen LogP contribution in [-0.4, -0.2) is 15.0 Å². The van der Waals surface area contributed by atoms with Crippen LogP contribution < -0.4 is 5.32 Å². The molecule has 112 valence electrons. The van der Waals surface area contributed by atoms with Crippen LogP contribution >= 0.6 is 0 Å². The fourth-order valence-corrected chi connectivity index (χ4v) is 3.10. The highest BCUT2D eigenvalue weighted by atomic mass is 19.1. The molecule has 5 heteroatoms. The van der Waals surface area contributed by atoms with Crippen LogP contribution in [0.5, 0.6) is 0 Å². The van der Waals surface area contributed by atoms with Crippen molar-refractivity contribution in [2.75, 3.05) is 0 Å². The number of hydrogen-bond acceptors (Lipinski definition) is 3. The van der Waals surface area contributed by atoms with Crippen molar-refractivity contribution in [1.29, 1.82) is 0 Å². The Morgan fingerprint density at radius 2 is 2.00 bits per heavy atom. The molecule has 22 heavy (non-hydrogen) atoms. The van der Waals surface area contributed by atoms with Gasteiger partial charge in [-0.15, -0.1) is 0 Å². The van der Waals surface area contributed by atoms with E-state index < -0.39 is 0 Å². The van der Waals surface area contributed by atoms with Gasteiger partial charge in [0.25, 0.3) is 0 Å². The lowest BCUT2D eigenvalue weighted by molar-refractivity contribution is 0.182. The molecule has 0 saturated heterocycles. The van der Waals surface area contributed by atoms with E-state index in [0.29, 0.717) is 6.54 Å². The van der Waals surface area contributed by atoms with Crippen molar-refractivity contribution in [3.05, 3.63) is 59.8 Å². The van der Waals surface area contributed by atoms with Crippen LogP contribution in [0.15, 0.2) is 42.6 Å². The Labute approximate surface area is 127 Å². The normalized spacial score (nSPS) is 16.6. The molecule has 0 spiro atoms. The molecule has 4 rings (SSSR count). The predicted octanol–water partition coefficient (Wildman–Crippen LogP) is 3.27. The molecule has 1 aliphatic carbocycles. The van der Waals surface area contributed by atoms with Gasteiger partial charge in [-0.05, 0) is 49.1 Å². The maximum atomic E-state index is 13.1. The first-order valence-corrected chi connectivity index (χ1v) is 7.56. The number of nitrogens with one attached hydrogen (secondary N) is 2.